The number of non-ortho nitro benzene ring substituents is 1. The number of amides is 2. The molecule has 2 N–H and O–H groups in total. The highest BCUT2D eigenvalue weighted by atomic mass is 16.6. The standard InChI is InChI=1S/C22H27N5O4/c1-25(2)18-10-8-16(9-11-18)20(26-12-3-4-13-26)15-23-21(28)22(29)24-17-6-5-7-19(14-17)27(30)31/h5-11,14,20H,3-4,12-13,15H2,1-2H3,(H,23,28)(H,24,29)/t20-/m0/s1. The van der Waals surface area contributed by atoms with Gasteiger partial charge in [0.05, 0.1) is 11.0 Å². The minimum absolute atomic E-state index is 0.0340. The Balaban J connectivity index is 1.65. The summed E-state index contributed by atoms with van der Waals surface area (Å²) in [6, 6.07) is 13.6. The van der Waals surface area contributed by atoms with Crippen LogP contribution in [0.25, 0.3) is 0 Å². The summed E-state index contributed by atoms with van der Waals surface area (Å²) in [5, 5.41) is 16.0. The van der Waals surface area contributed by atoms with Gasteiger partial charge >= 0.3 is 11.8 Å². The largest absolute Gasteiger partial charge is 0.378 e. The van der Waals surface area contributed by atoms with Gasteiger partial charge in [0.2, 0.25) is 0 Å². The van der Waals surface area contributed by atoms with E-state index in [1.165, 1.54) is 24.3 Å². The second-order valence-electron chi connectivity index (χ2n) is 7.72. The minimum atomic E-state index is -0.858. The second kappa shape index (κ2) is 10.0. The van der Waals surface area contributed by atoms with Crippen molar-refractivity contribution in [3.8, 4) is 0 Å². The molecule has 2 aromatic carbocycles. The molecule has 9 heteroatoms. The van der Waals surface area contributed by atoms with Crippen molar-refractivity contribution in [3.05, 3.63) is 64.2 Å². The van der Waals surface area contributed by atoms with Crippen LogP contribution in [-0.4, -0.2) is 55.4 Å². The van der Waals surface area contributed by atoms with E-state index in [4.69, 9.17) is 0 Å². The molecule has 1 heterocycles. The molecule has 164 valence electrons. The van der Waals surface area contributed by atoms with Gasteiger partial charge < -0.3 is 15.5 Å². The van der Waals surface area contributed by atoms with Crippen LogP contribution in [0.1, 0.15) is 24.4 Å². The molecular weight excluding hydrogens is 398 g/mol. The van der Waals surface area contributed by atoms with Crippen LogP contribution in [0.4, 0.5) is 17.1 Å². The summed E-state index contributed by atoms with van der Waals surface area (Å²) < 4.78 is 0. The van der Waals surface area contributed by atoms with E-state index in [2.05, 4.69) is 15.5 Å². The first-order chi connectivity index (χ1) is 14.8. The van der Waals surface area contributed by atoms with Crippen molar-refractivity contribution in [1.82, 2.24) is 10.2 Å². The average molecular weight is 425 g/mol. The highest BCUT2D eigenvalue weighted by Gasteiger charge is 2.25. The van der Waals surface area contributed by atoms with Gasteiger partial charge in [-0.2, -0.15) is 0 Å². The lowest BCUT2D eigenvalue weighted by Gasteiger charge is -2.28. The lowest BCUT2D eigenvalue weighted by molar-refractivity contribution is -0.384. The Kier molecular flexibility index (Phi) is 7.19. The van der Waals surface area contributed by atoms with Gasteiger partial charge in [0.15, 0.2) is 0 Å². The zero-order chi connectivity index (χ0) is 22.4. The number of nitro groups is 1. The first-order valence-corrected chi connectivity index (χ1v) is 10.2. The van der Waals surface area contributed by atoms with Gasteiger partial charge in [-0.15, -0.1) is 0 Å². The summed E-state index contributed by atoms with van der Waals surface area (Å²) >= 11 is 0. The Labute approximate surface area is 181 Å². The molecule has 0 saturated carbocycles. The Morgan fingerprint density at radius 2 is 1.77 bits per heavy atom. The smallest absolute Gasteiger partial charge is 0.313 e. The van der Waals surface area contributed by atoms with E-state index in [-0.39, 0.29) is 17.4 Å². The maximum absolute atomic E-state index is 12.4. The summed E-state index contributed by atoms with van der Waals surface area (Å²) in [6.07, 6.45) is 2.21. The molecule has 0 bridgehead atoms. The SMILES string of the molecule is CN(C)c1ccc([C@H](CNC(=O)C(=O)Nc2cccc([N+](=O)[O-])c2)N2CCCC2)cc1. The van der Waals surface area contributed by atoms with Crippen molar-refractivity contribution < 1.29 is 14.5 Å². The lowest BCUT2D eigenvalue weighted by Crippen LogP contribution is -2.41. The molecule has 0 unspecified atom stereocenters. The van der Waals surface area contributed by atoms with Crippen molar-refractivity contribution in [2.45, 2.75) is 18.9 Å². The number of carbonyl (C=O) groups excluding carboxylic acids is 2. The van der Waals surface area contributed by atoms with E-state index in [0.717, 1.165) is 37.2 Å². The molecule has 0 aromatic heterocycles. The molecule has 31 heavy (non-hydrogen) atoms. The van der Waals surface area contributed by atoms with E-state index in [9.17, 15) is 19.7 Å². The number of likely N-dealkylation sites (tertiary alicyclic amines) is 1. The third-order valence-electron chi connectivity index (χ3n) is 5.35. The van der Waals surface area contributed by atoms with Crippen LogP contribution in [0.3, 0.4) is 0 Å². The highest BCUT2D eigenvalue weighted by Crippen LogP contribution is 2.26. The van der Waals surface area contributed by atoms with Gasteiger partial charge in [0.25, 0.3) is 5.69 Å². The summed E-state index contributed by atoms with van der Waals surface area (Å²) in [4.78, 5) is 39.3. The van der Waals surface area contributed by atoms with Gasteiger partial charge in [-0.05, 0) is 49.7 Å². The molecule has 0 aliphatic carbocycles. The monoisotopic (exact) mass is 425 g/mol. The molecule has 2 aromatic rings. The third-order valence-corrected chi connectivity index (χ3v) is 5.35. The van der Waals surface area contributed by atoms with Crippen LogP contribution in [-0.2, 0) is 9.59 Å². The Hall–Kier alpha value is -3.46. The first-order valence-electron chi connectivity index (χ1n) is 10.2. The van der Waals surface area contributed by atoms with E-state index in [1.807, 2.05) is 43.3 Å². The Morgan fingerprint density at radius 1 is 1.10 bits per heavy atom. The van der Waals surface area contributed by atoms with Gasteiger partial charge in [0.1, 0.15) is 0 Å². The van der Waals surface area contributed by atoms with Crippen molar-refractivity contribution in [2.24, 2.45) is 0 Å². The fourth-order valence-corrected chi connectivity index (χ4v) is 3.66. The quantitative estimate of drug-likeness (QED) is 0.401. The molecule has 3 rings (SSSR count). The predicted molar refractivity (Wildman–Crippen MR) is 119 cm³/mol. The summed E-state index contributed by atoms with van der Waals surface area (Å²) in [5.41, 5.74) is 2.20. The van der Waals surface area contributed by atoms with Crippen LogP contribution in [0, 0.1) is 10.1 Å². The third kappa shape index (κ3) is 5.79. The fourth-order valence-electron chi connectivity index (χ4n) is 3.66. The topological polar surface area (TPSA) is 108 Å². The fraction of sp³-hybridized carbons (Fsp3) is 0.364. The Bertz CT molecular complexity index is 939. The summed E-state index contributed by atoms with van der Waals surface area (Å²) in [6.45, 7) is 2.17. The number of anilines is 2. The maximum atomic E-state index is 12.4. The summed E-state index contributed by atoms with van der Waals surface area (Å²) in [5.74, 6) is -1.63. The van der Waals surface area contributed by atoms with Crippen molar-refractivity contribution in [2.75, 3.05) is 43.9 Å². The number of benzene rings is 2. The molecule has 0 spiro atoms. The van der Waals surface area contributed by atoms with Crippen molar-refractivity contribution in [1.29, 1.82) is 0 Å². The maximum Gasteiger partial charge on any atom is 0.313 e. The van der Waals surface area contributed by atoms with Crippen molar-refractivity contribution >= 4 is 28.9 Å². The van der Waals surface area contributed by atoms with Crippen LogP contribution >= 0.6 is 0 Å². The van der Waals surface area contributed by atoms with Gasteiger partial charge in [-0.1, -0.05) is 18.2 Å². The predicted octanol–water partition coefficient (Wildman–Crippen LogP) is 2.55. The van der Waals surface area contributed by atoms with E-state index >= 15 is 0 Å². The first kappa shape index (κ1) is 22.2. The molecule has 1 saturated heterocycles. The molecular formula is C22H27N5O4. The van der Waals surface area contributed by atoms with Gasteiger partial charge in [0, 0.05) is 44.1 Å². The number of nitrogens with one attached hydrogen (secondary N) is 2. The number of nitrogens with zero attached hydrogens (tertiary/aromatic N) is 3. The zero-order valence-electron chi connectivity index (χ0n) is 17.7. The molecule has 2 amide bonds. The number of nitro benzene ring substituents is 1. The van der Waals surface area contributed by atoms with Crippen molar-refractivity contribution in [3.63, 3.8) is 0 Å². The molecule has 0 radical (unpaired) electrons. The zero-order valence-corrected chi connectivity index (χ0v) is 17.7. The Morgan fingerprint density at radius 3 is 2.39 bits per heavy atom. The molecule has 1 fully saturated rings. The van der Waals surface area contributed by atoms with Crippen LogP contribution in [0.2, 0.25) is 0 Å². The molecule has 9 nitrogen and oxygen atoms in total. The molecule has 1 aliphatic heterocycles. The van der Waals surface area contributed by atoms with Gasteiger partial charge in [-0.3, -0.25) is 24.6 Å². The number of carbonyl (C=O) groups is 2. The van der Waals surface area contributed by atoms with E-state index < -0.39 is 16.7 Å². The second-order valence-corrected chi connectivity index (χ2v) is 7.72. The average Bonchev–Trinajstić information content (AvgIpc) is 3.28. The number of rotatable bonds is 7. The van der Waals surface area contributed by atoms with E-state index in [1.54, 1.807) is 0 Å². The van der Waals surface area contributed by atoms with Gasteiger partial charge in [-0.25, -0.2) is 0 Å². The summed E-state index contributed by atoms with van der Waals surface area (Å²) in [7, 11) is 3.96. The van der Waals surface area contributed by atoms with Crippen LogP contribution < -0.4 is 15.5 Å². The van der Waals surface area contributed by atoms with Crippen LogP contribution in [0.15, 0.2) is 48.5 Å². The molecule has 1 atom stereocenters. The highest BCUT2D eigenvalue weighted by molar-refractivity contribution is 6.39. The molecule has 1 aliphatic rings. The normalized spacial score (nSPS) is 14.6. The number of hydrogen-bond acceptors (Lipinski definition) is 6. The van der Waals surface area contributed by atoms with Crippen LogP contribution in [0.5, 0.6) is 0 Å². The lowest BCUT2D eigenvalue weighted by atomic mass is 10.0. The van der Waals surface area contributed by atoms with E-state index in [0.29, 0.717) is 6.54 Å². The number of hydrogen-bond donors (Lipinski definition) is 2. The minimum Gasteiger partial charge on any atom is -0.378 e.